The van der Waals surface area contributed by atoms with Gasteiger partial charge in [0.05, 0.1) is 30.0 Å². The molecule has 2 fully saturated rings. The van der Waals surface area contributed by atoms with E-state index in [-0.39, 0.29) is 41.6 Å². The highest BCUT2D eigenvalue weighted by Crippen LogP contribution is 2.53. The van der Waals surface area contributed by atoms with Gasteiger partial charge in [-0.05, 0) is 103 Å². The standard InChI is InChI=1S/C56H55F4N11O4/c1-28(2)52(56(74)69-18-4-5-46(69)55(73)64-45(26-72)33-12-14-34(15-13-33)48-40(57)16-17-41(58)50(48)60)71-25-44(65-68-71)32-8-6-30(7-9-32)27-75-53-49(47-29(3)42(59)21-43(62)39(47)22-61)37(31-10-11-31)20-38-51(53)66-67-54(38)70-24-35-19-36(70)23-63-35/h6-9,12-17,19-22,25,28,31,35,45-46,52,61,63,72H,4-5,10-11,18,23-24,26-27,62H2,1-3H3,(H,64,73)(H,66,67)/p+1/t35-,45-,46-,52-/m0/s1. The summed E-state index contributed by atoms with van der Waals surface area (Å²) in [5.74, 6) is -3.37. The molecular weight excluding hydrogens is 967 g/mol. The Morgan fingerprint density at radius 2 is 1.71 bits per heavy atom. The third-order valence-corrected chi connectivity index (χ3v) is 15.1. The number of carbonyl (C=O) groups is 2. The van der Waals surface area contributed by atoms with Crippen LogP contribution >= 0.6 is 0 Å². The predicted molar refractivity (Wildman–Crippen MR) is 275 cm³/mol. The number of aliphatic hydroxyl groups excluding tert-OH is 1. The molecule has 8 N–H and O–H groups in total. The molecule has 15 nitrogen and oxygen atoms in total. The van der Waals surface area contributed by atoms with E-state index < -0.39 is 59.5 Å². The zero-order chi connectivity index (χ0) is 52.4. The van der Waals surface area contributed by atoms with E-state index in [9.17, 15) is 27.9 Å². The number of halogens is 4. The lowest BCUT2D eigenvalue weighted by Crippen LogP contribution is -2.50. The minimum Gasteiger partial charge on any atom is -0.486 e. The molecule has 11 rings (SSSR count). The van der Waals surface area contributed by atoms with E-state index in [0.29, 0.717) is 64.7 Å². The number of ether oxygens (including phenoxy) is 1. The lowest BCUT2D eigenvalue weighted by molar-refractivity contribution is -0.142. The number of anilines is 2. The molecule has 2 bridgehead atoms. The molecular formula is C56H56F4N11O4+. The van der Waals surface area contributed by atoms with Crippen LogP contribution in [0.4, 0.5) is 29.1 Å². The maximum absolute atomic E-state index is 15.7. The van der Waals surface area contributed by atoms with Crippen LogP contribution in [0.25, 0.3) is 44.4 Å². The van der Waals surface area contributed by atoms with Crippen LogP contribution < -0.4 is 31.4 Å². The van der Waals surface area contributed by atoms with E-state index >= 15 is 4.39 Å². The number of aromatic amines is 1. The maximum Gasteiger partial charge on any atom is 0.248 e. The van der Waals surface area contributed by atoms with Crippen LogP contribution in [0.3, 0.4) is 0 Å². The van der Waals surface area contributed by atoms with Crippen LogP contribution in [0, 0.1) is 36.1 Å². The number of likely N-dealkylation sites (tertiary alicyclic amines) is 1. The number of aliphatic hydroxyl groups is 1. The summed E-state index contributed by atoms with van der Waals surface area (Å²) < 4.78 is 67.0. The molecule has 75 heavy (non-hydrogen) atoms. The van der Waals surface area contributed by atoms with Gasteiger partial charge in [0.2, 0.25) is 11.8 Å². The summed E-state index contributed by atoms with van der Waals surface area (Å²) in [6.07, 6.45) is 8.26. The van der Waals surface area contributed by atoms with E-state index in [0.717, 1.165) is 71.2 Å². The van der Waals surface area contributed by atoms with Crippen molar-refractivity contribution in [2.75, 3.05) is 36.9 Å². The molecule has 2 aromatic heterocycles. The van der Waals surface area contributed by atoms with Gasteiger partial charge in [-0.25, -0.2) is 22.2 Å². The topological polar surface area (TPSA) is 205 Å². The molecule has 0 spiro atoms. The van der Waals surface area contributed by atoms with Crippen LogP contribution in [0.15, 0.2) is 90.8 Å². The number of hydrogen-bond donors (Lipinski definition) is 6. The van der Waals surface area contributed by atoms with Crippen LogP contribution in [0.2, 0.25) is 0 Å². The van der Waals surface area contributed by atoms with Crippen molar-refractivity contribution in [2.45, 2.75) is 83.1 Å². The minimum absolute atomic E-state index is 0.0830. The molecule has 19 heteroatoms. The van der Waals surface area contributed by atoms with E-state index in [1.165, 1.54) is 46.1 Å². The van der Waals surface area contributed by atoms with Crippen molar-refractivity contribution in [1.82, 2.24) is 40.7 Å². The van der Waals surface area contributed by atoms with Gasteiger partial charge in [-0.1, -0.05) is 67.6 Å². The molecule has 4 atom stereocenters. The number of benzene rings is 5. The fourth-order valence-electron chi connectivity index (χ4n) is 11.0. The van der Waals surface area contributed by atoms with Gasteiger partial charge in [0, 0.05) is 59.1 Å². The lowest BCUT2D eigenvalue weighted by Gasteiger charge is -2.30. The third-order valence-electron chi connectivity index (χ3n) is 15.1. The first kappa shape index (κ1) is 49.3. The molecule has 1 saturated carbocycles. The first-order valence-corrected chi connectivity index (χ1v) is 25.2. The number of nitrogen functional groups attached to an aromatic ring is 1. The molecule has 1 aliphatic carbocycles. The smallest absolute Gasteiger partial charge is 0.248 e. The van der Waals surface area contributed by atoms with Gasteiger partial charge in [-0.3, -0.25) is 20.1 Å². The molecule has 4 aliphatic rings. The van der Waals surface area contributed by atoms with Crippen molar-refractivity contribution in [3.63, 3.8) is 0 Å². The highest BCUT2D eigenvalue weighted by molar-refractivity contribution is 6.05. The Balaban J connectivity index is 0.818. The Bertz CT molecular complexity index is 3430. The van der Waals surface area contributed by atoms with Gasteiger partial charge < -0.3 is 36.0 Å². The Morgan fingerprint density at radius 3 is 2.39 bits per heavy atom. The van der Waals surface area contributed by atoms with Crippen molar-refractivity contribution >= 4 is 40.4 Å². The Morgan fingerprint density at radius 1 is 0.960 bits per heavy atom. The number of amides is 2. The van der Waals surface area contributed by atoms with Crippen molar-refractivity contribution in [2.24, 2.45) is 5.92 Å². The number of H-pyrrole nitrogens is 1. The lowest BCUT2D eigenvalue weighted by atomic mass is 9.87. The van der Waals surface area contributed by atoms with Gasteiger partial charge in [0.15, 0.2) is 29.4 Å². The first-order chi connectivity index (χ1) is 36.2. The van der Waals surface area contributed by atoms with Crippen LogP contribution in [0.5, 0.6) is 5.75 Å². The van der Waals surface area contributed by atoms with Gasteiger partial charge >= 0.3 is 0 Å². The van der Waals surface area contributed by atoms with Gasteiger partial charge in [-0.15, -0.1) is 5.10 Å². The normalized spacial score (nSPS) is 18.0. The Kier molecular flexibility index (Phi) is 13.0. The first-order valence-electron chi connectivity index (χ1n) is 25.2. The summed E-state index contributed by atoms with van der Waals surface area (Å²) in [4.78, 5) is 32.1. The van der Waals surface area contributed by atoms with Gasteiger partial charge in [0.1, 0.15) is 41.5 Å². The predicted octanol–water partition coefficient (Wildman–Crippen LogP) is 6.95. The molecule has 1 saturated heterocycles. The van der Waals surface area contributed by atoms with Gasteiger partial charge in [-0.2, -0.15) is 5.10 Å². The average Bonchev–Trinajstić information content (AvgIpc) is 3.97. The number of carbonyl (C=O) groups excluding carboxylic acids is 2. The number of nitrogens with one attached hydrogen (secondary N) is 3. The highest BCUT2D eigenvalue weighted by Gasteiger charge is 2.41. The van der Waals surface area contributed by atoms with E-state index in [2.05, 4.69) is 43.1 Å². The van der Waals surface area contributed by atoms with Crippen molar-refractivity contribution in [1.29, 1.82) is 0 Å². The number of aromatic nitrogens is 5. The van der Waals surface area contributed by atoms with Crippen LogP contribution in [-0.2, 0) is 16.2 Å². The molecule has 0 radical (unpaired) electrons. The Labute approximate surface area is 429 Å². The molecule has 3 aliphatic heterocycles. The summed E-state index contributed by atoms with van der Waals surface area (Å²) in [6.45, 7) is 7.00. The second kappa shape index (κ2) is 19.7. The van der Waals surface area contributed by atoms with E-state index in [1.807, 2.05) is 38.1 Å². The molecule has 5 heterocycles. The number of fused-ring (bicyclic) bond motifs is 2. The number of piperazine rings is 1. The van der Waals surface area contributed by atoms with Crippen molar-refractivity contribution in [3.8, 4) is 39.3 Å². The number of rotatable bonds is 16. The van der Waals surface area contributed by atoms with Crippen LogP contribution in [-0.4, -0.2) is 91.6 Å². The fraction of sp³-hybridized carbons (Fsp3) is 0.321. The molecule has 2 amide bonds. The van der Waals surface area contributed by atoms with Gasteiger partial charge in [0.25, 0.3) is 0 Å². The second-order valence-electron chi connectivity index (χ2n) is 20.2. The summed E-state index contributed by atoms with van der Waals surface area (Å²) in [6, 6.07) is 16.1. The van der Waals surface area contributed by atoms with Crippen molar-refractivity contribution < 1.29 is 42.4 Å². The average molecular weight is 1020 g/mol. The number of nitrogens with two attached hydrogens (primary N) is 2. The molecule has 7 aromatic rings. The molecule has 0 unspecified atom stereocenters. The summed E-state index contributed by atoms with van der Waals surface area (Å²) in [7, 11) is 0. The van der Waals surface area contributed by atoms with Crippen molar-refractivity contribution in [3.05, 3.63) is 142 Å². The van der Waals surface area contributed by atoms with Crippen LogP contribution in [0.1, 0.15) is 85.3 Å². The number of nitrogens with zero attached hydrogens (tertiary/aromatic N) is 6. The summed E-state index contributed by atoms with van der Waals surface area (Å²) in [5.41, 5.74) is 13.9. The second-order valence-corrected chi connectivity index (χ2v) is 20.2. The SMILES string of the molecule is Cc1c(F)cc(N)c(C=[NH2+])c1-c1c(C2CC2)cc2c(N3C[C@@H]4C=C3CN4)n[nH]c2c1OCc1ccc(-c2cn([C@H](C(=O)N3CCC[C@H]3C(=O)N[C@@H](CO)c3ccc(-c4c(F)ccc(F)c4F)cc3)C(C)C)nn2)cc1. The third kappa shape index (κ3) is 8.96. The van der Waals surface area contributed by atoms with E-state index in [1.54, 1.807) is 13.1 Å². The molecule has 386 valence electrons. The Hall–Kier alpha value is -7.90. The summed E-state index contributed by atoms with van der Waals surface area (Å²) in [5, 5.41) is 40.8. The fourth-order valence-corrected chi connectivity index (χ4v) is 11.0. The monoisotopic (exact) mass is 1020 g/mol. The largest absolute Gasteiger partial charge is 0.486 e. The zero-order valence-corrected chi connectivity index (χ0v) is 41.5. The molecule has 5 aromatic carbocycles. The summed E-state index contributed by atoms with van der Waals surface area (Å²) >= 11 is 0. The maximum atomic E-state index is 15.7. The highest BCUT2D eigenvalue weighted by atomic mass is 19.2. The number of hydrogen-bond acceptors (Lipinski definition) is 10. The zero-order valence-electron chi connectivity index (χ0n) is 41.5. The minimum atomic E-state index is -1.32. The quantitative estimate of drug-likeness (QED) is 0.0254. The van der Waals surface area contributed by atoms with E-state index in [4.69, 9.17) is 21.0 Å².